The molecular weight excluding hydrogens is 258 g/mol. The predicted molar refractivity (Wildman–Crippen MR) is 71.4 cm³/mol. The summed E-state index contributed by atoms with van der Waals surface area (Å²) in [5.41, 5.74) is 0. The van der Waals surface area contributed by atoms with Gasteiger partial charge in [0, 0.05) is 17.8 Å². The molecule has 0 spiro atoms. The van der Waals surface area contributed by atoms with Crippen molar-refractivity contribution in [2.45, 2.75) is 32.8 Å². The zero-order chi connectivity index (χ0) is 12.8. The van der Waals surface area contributed by atoms with Crippen LogP contribution in [0.15, 0.2) is 12.1 Å². The SMILES string of the molecule is CC(C)CCC(=O)NC[C@@H](O)c1ccc(Cl)s1. The van der Waals surface area contributed by atoms with Crippen LogP contribution in [0.1, 0.15) is 37.7 Å². The Morgan fingerprint density at radius 3 is 2.76 bits per heavy atom. The maximum atomic E-state index is 11.4. The monoisotopic (exact) mass is 275 g/mol. The van der Waals surface area contributed by atoms with E-state index in [2.05, 4.69) is 19.2 Å². The molecular formula is C12H18ClNO2S. The smallest absolute Gasteiger partial charge is 0.220 e. The molecule has 0 bridgehead atoms. The number of aliphatic hydroxyl groups is 1. The molecule has 0 aliphatic rings. The van der Waals surface area contributed by atoms with Gasteiger partial charge in [-0.2, -0.15) is 0 Å². The highest BCUT2D eigenvalue weighted by molar-refractivity contribution is 7.16. The lowest BCUT2D eigenvalue weighted by Gasteiger charge is -2.10. The van der Waals surface area contributed by atoms with Gasteiger partial charge in [-0.15, -0.1) is 11.3 Å². The second-order valence-corrected chi connectivity index (χ2v) is 6.14. The van der Waals surface area contributed by atoms with Gasteiger partial charge in [0.25, 0.3) is 0 Å². The lowest BCUT2D eigenvalue weighted by atomic mass is 10.1. The van der Waals surface area contributed by atoms with Crippen LogP contribution >= 0.6 is 22.9 Å². The molecule has 1 atom stereocenters. The number of carbonyl (C=O) groups excluding carboxylic acids is 1. The molecule has 1 aromatic rings. The minimum atomic E-state index is -0.671. The zero-order valence-electron chi connectivity index (χ0n) is 10.1. The van der Waals surface area contributed by atoms with E-state index in [1.807, 2.05) is 0 Å². The average Bonchev–Trinajstić information content (AvgIpc) is 2.70. The van der Waals surface area contributed by atoms with Crippen LogP contribution in [-0.4, -0.2) is 17.6 Å². The van der Waals surface area contributed by atoms with E-state index in [0.29, 0.717) is 16.7 Å². The first-order valence-electron chi connectivity index (χ1n) is 5.69. The number of amides is 1. The molecule has 5 heteroatoms. The first-order chi connectivity index (χ1) is 7.99. The van der Waals surface area contributed by atoms with Crippen molar-refractivity contribution in [3.05, 3.63) is 21.3 Å². The zero-order valence-corrected chi connectivity index (χ0v) is 11.6. The van der Waals surface area contributed by atoms with Crippen LogP contribution in [0.25, 0.3) is 0 Å². The number of halogens is 1. The van der Waals surface area contributed by atoms with Crippen molar-refractivity contribution < 1.29 is 9.90 Å². The molecule has 1 amide bonds. The van der Waals surface area contributed by atoms with Crippen molar-refractivity contribution in [1.29, 1.82) is 0 Å². The topological polar surface area (TPSA) is 49.3 Å². The van der Waals surface area contributed by atoms with E-state index in [0.717, 1.165) is 11.3 Å². The minimum absolute atomic E-state index is 0.0135. The molecule has 96 valence electrons. The van der Waals surface area contributed by atoms with E-state index in [4.69, 9.17) is 11.6 Å². The Bertz CT molecular complexity index is 365. The van der Waals surface area contributed by atoms with Gasteiger partial charge in [0.2, 0.25) is 5.91 Å². The first-order valence-corrected chi connectivity index (χ1v) is 6.88. The molecule has 0 aromatic carbocycles. The van der Waals surface area contributed by atoms with E-state index in [1.165, 1.54) is 11.3 Å². The molecule has 0 fully saturated rings. The van der Waals surface area contributed by atoms with Gasteiger partial charge in [-0.1, -0.05) is 25.4 Å². The number of hydrogen-bond donors (Lipinski definition) is 2. The minimum Gasteiger partial charge on any atom is -0.386 e. The third-order valence-corrected chi connectivity index (χ3v) is 3.70. The second kappa shape index (κ2) is 6.99. The van der Waals surface area contributed by atoms with Crippen LogP contribution in [0, 0.1) is 5.92 Å². The van der Waals surface area contributed by atoms with Gasteiger partial charge in [-0.05, 0) is 24.5 Å². The Hall–Kier alpha value is -0.580. The molecule has 0 unspecified atom stereocenters. The molecule has 1 heterocycles. The summed E-state index contributed by atoms with van der Waals surface area (Å²) in [6.07, 6.45) is 0.706. The summed E-state index contributed by atoms with van der Waals surface area (Å²) >= 11 is 7.10. The standard InChI is InChI=1S/C12H18ClNO2S/c1-8(2)3-6-12(16)14-7-9(15)10-4-5-11(13)17-10/h4-5,8-9,15H,3,6-7H2,1-2H3,(H,14,16)/t9-/m1/s1. The molecule has 0 saturated carbocycles. The van der Waals surface area contributed by atoms with Crippen molar-refractivity contribution in [3.63, 3.8) is 0 Å². The number of hydrogen-bond acceptors (Lipinski definition) is 3. The summed E-state index contributed by atoms with van der Waals surface area (Å²) in [6.45, 7) is 4.40. The van der Waals surface area contributed by atoms with Crippen LogP contribution in [0.3, 0.4) is 0 Å². The van der Waals surface area contributed by atoms with Gasteiger partial charge in [-0.25, -0.2) is 0 Å². The molecule has 1 aromatic heterocycles. The average molecular weight is 276 g/mol. The third-order valence-electron chi connectivity index (χ3n) is 2.36. The van der Waals surface area contributed by atoms with Gasteiger partial charge in [0.05, 0.1) is 4.34 Å². The first kappa shape index (κ1) is 14.5. The highest BCUT2D eigenvalue weighted by Crippen LogP contribution is 2.26. The van der Waals surface area contributed by atoms with Crippen LogP contribution < -0.4 is 5.32 Å². The lowest BCUT2D eigenvalue weighted by molar-refractivity contribution is -0.121. The highest BCUT2D eigenvalue weighted by atomic mass is 35.5. The fraction of sp³-hybridized carbons (Fsp3) is 0.583. The van der Waals surface area contributed by atoms with Crippen LogP contribution in [0.4, 0.5) is 0 Å². The predicted octanol–water partition coefficient (Wildman–Crippen LogP) is 2.99. The molecule has 0 radical (unpaired) electrons. The van der Waals surface area contributed by atoms with Gasteiger partial charge >= 0.3 is 0 Å². The Balaban J connectivity index is 2.28. The number of carbonyl (C=O) groups is 1. The van der Waals surface area contributed by atoms with Gasteiger partial charge in [0.1, 0.15) is 6.10 Å². The van der Waals surface area contributed by atoms with E-state index in [9.17, 15) is 9.90 Å². The van der Waals surface area contributed by atoms with E-state index < -0.39 is 6.10 Å². The maximum Gasteiger partial charge on any atom is 0.220 e. The summed E-state index contributed by atoms with van der Waals surface area (Å²) in [6, 6.07) is 3.52. The van der Waals surface area contributed by atoms with E-state index in [1.54, 1.807) is 12.1 Å². The number of aliphatic hydroxyl groups excluding tert-OH is 1. The van der Waals surface area contributed by atoms with Crippen LogP contribution in [-0.2, 0) is 4.79 Å². The molecule has 2 N–H and O–H groups in total. The fourth-order valence-corrected chi connectivity index (χ4v) is 2.37. The largest absolute Gasteiger partial charge is 0.386 e. The third kappa shape index (κ3) is 5.52. The van der Waals surface area contributed by atoms with Gasteiger partial charge in [-0.3, -0.25) is 4.79 Å². The maximum absolute atomic E-state index is 11.4. The summed E-state index contributed by atoms with van der Waals surface area (Å²) < 4.78 is 0.644. The number of rotatable bonds is 6. The van der Waals surface area contributed by atoms with E-state index >= 15 is 0 Å². The van der Waals surface area contributed by atoms with Crippen molar-refractivity contribution >= 4 is 28.8 Å². The molecule has 0 aliphatic heterocycles. The second-order valence-electron chi connectivity index (χ2n) is 4.39. The van der Waals surface area contributed by atoms with E-state index in [-0.39, 0.29) is 12.5 Å². The Morgan fingerprint density at radius 2 is 2.24 bits per heavy atom. The molecule has 17 heavy (non-hydrogen) atoms. The van der Waals surface area contributed by atoms with Gasteiger partial charge < -0.3 is 10.4 Å². The Labute approximate surface area is 111 Å². The Morgan fingerprint density at radius 1 is 1.53 bits per heavy atom. The summed E-state index contributed by atoms with van der Waals surface area (Å²) in [7, 11) is 0. The lowest BCUT2D eigenvalue weighted by Crippen LogP contribution is -2.28. The van der Waals surface area contributed by atoms with Crippen molar-refractivity contribution in [3.8, 4) is 0 Å². The quantitative estimate of drug-likeness (QED) is 0.839. The summed E-state index contributed by atoms with van der Waals surface area (Å²) in [5.74, 6) is 0.502. The molecule has 1 rings (SSSR count). The molecule has 0 aliphatic carbocycles. The van der Waals surface area contributed by atoms with Crippen molar-refractivity contribution in [2.24, 2.45) is 5.92 Å². The normalized spacial score (nSPS) is 12.8. The van der Waals surface area contributed by atoms with Crippen LogP contribution in [0.2, 0.25) is 4.34 Å². The van der Waals surface area contributed by atoms with Crippen LogP contribution in [0.5, 0.6) is 0 Å². The summed E-state index contributed by atoms with van der Waals surface area (Å²) in [4.78, 5) is 12.2. The summed E-state index contributed by atoms with van der Waals surface area (Å²) in [5, 5.41) is 12.5. The van der Waals surface area contributed by atoms with Crippen molar-refractivity contribution in [2.75, 3.05) is 6.54 Å². The van der Waals surface area contributed by atoms with Gasteiger partial charge in [0.15, 0.2) is 0 Å². The van der Waals surface area contributed by atoms with Crippen molar-refractivity contribution in [1.82, 2.24) is 5.32 Å². The fourth-order valence-electron chi connectivity index (χ4n) is 1.33. The molecule has 0 saturated heterocycles. The number of thiophene rings is 1. The molecule has 3 nitrogen and oxygen atoms in total. The number of nitrogens with one attached hydrogen (secondary N) is 1. The Kier molecular flexibility index (Phi) is 5.95. The highest BCUT2D eigenvalue weighted by Gasteiger charge is 2.11.